The lowest BCUT2D eigenvalue weighted by Crippen LogP contribution is -2.33. The van der Waals surface area contributed by atoms with Crippen LogP contribution in [-0.4, -0.2) is 12.6 Å². The molecule has 0 heterocycles. The first kappa shape index (κ1) is 14.0. The Balaban J connectivity index is 2.34. The topological polar surface area (TPSA) is 12.0 Å². The van der Waals surface area contributed by atoms with Crippen LogP contribution in [0.1, 0.15) is 66.2 Å². The normalized spacial score (nSPS) is 29.1. The van der Waals surface area contributed by atoms with Crippen LogP contribution >= 0.6 is 0 Å². The zero-order chi connectivity index (χ0) is 12.0. The molecule has 0 radical (unpaired) electrons. The van der Waals surface area contributed by atoms with Crippen molar-refractivity contribution in [2.45, 2.75) is 72.3 Å². The highest BCUT2D eigenvalue weighted by molar-refractivity contribution is 4.78. The second-order valence-corrected chi connectivity index (χ2v) is 6.02. The van der Waals surface area contributed by atoms with Crippen molar-refractivity contribution in [1.82, 2.24) is 5.32 Å². The zero-order valence-corrected chi connectivity index (χ0v) is 11.8. The SMILES string of the molecule is CCCNC(C)C1CCCC(C(C)C)CC1. The Hall–Kier alpha value is -0.0400. The van der Waals surface area contributed by atoms with E-state index in [1.54, 1.807) is 0 Å². The highest BCUT2D eigenvalue weighted by atomic mass is 14.9. The van der Waals surface area contributed by atoms with Gasteiger partial charge < -0.3 is 5.32 Å². The molecule has 1 aliphatic rings. The molecule has 0 bridgehead atoms. The molecule has 1 rings (SSSR count). The van der Waals surface area contributed by atoms with Crippen molar-refractivity contribution in [3.63, 3.8) is 0 Å². The van der Waals surface area contributed by atoms with Gasteiger partial charge in [0.1, 0.15) is 0 Å². The van der Waals surface area contributed by atoms with Gasteiger partial charge in [-0.25, -0.2) is 0 Å². The Morgan fingerprint density at radius 2 is 1.62 bits per heavy atom. The van der Waals surface area contributed by atoms with Gasteiger partial charge in [-0.2, -0.15) is 0 Å². The summed E-state index contributed by atoms with van der Waals surface area (Å²) in [6.07, 6.45) is 8.52. The average Bonchev–Trinajstić information content (AvgIpc) is 2.51. The molecule has 0 aromatic heterocycles. The third-order valence-corrected chi connectivity index (χ3v) is 4.42. The molecule has 0 aromatic carbocycles. The van der Waals surface area contributed by atoms with Crippen LogP contribution in [0.25, 0.3) is 0 Å². The molecule has 1 nitrogen and oxygen atoms in total. The lowest BCUT2D eigenvalue weighted by Gasteiger charge is -2.24. The van der Waals surface area contributed by atoms with E-state index in [0.29, 0.717) is 0 Å². The fourth-order valence-corrected chi connectivity index (χ4v) is 3.06. The highest BCUT2D eigenvalue weighted by Gasteiger charge is 2.23. The third kappa shape index (κ3) is 4.45. The Morgan fingerprint density at radius 3 is 2.25 bits per heavy atom. The molecule has 0 spiro atoms. The molecule has 0 amide bonds. The molecule has 0 aliphatic heterocycles. The van der Waals surface area contributed by atoms with Crippen LogP contribution < -0.4 is 5.32 Å². The monoisotopic (exact) mass is 225 g/mol. The summed E-state index contributed by atoms with van der Waals surface area (Å²) in [6, 6.07) is 0.728. The molecule has 96 valence electrons. The first-order chi connectivity index (χ1) is 7.65. The first-order valence-electron chi connectivity index (χ1n) is 7.38. The summed E-state index contributed by atoms with van der Waals surface area (Å²) >= 11 is 0. The van der Waals surface area contributed by atoms with E-state index in [1.807, 2.05) is 0 Å². The molecule has 0 aromatic rings. The van der Waals surface area contributed by atoms with Gasteiger partial charge in [0.15, 0.2) is 0 Å². The van der Waals surface area contributed by atoms with Crippen LogP contribution in [0.15, 0.2) is 0 Å². The van der Waals surface area contributed by atoms with Gasteiger partial charge in [0.05, 0.1) is 0 Å². The molecule has 16 heavy (non-hydrogen) atoms. The minimum absolute atomic E-state index is 0.728. The molecular formula is C15H31N. The lowest BCUT2D eigenvalue weighted by atomic mass is 9.87. The van der Waals surface area contributed by atoms with E-state index in [9.17, 15) is 0 Å². The van der Waals surface area contributed by atoms with Crippen LogP contribution in [0.2, 0.25) is 0 Å². The summed E-state index contributed by atoms with van der Waals surface area (Å²) in [4.78, 5) is 0. The Labute approximate surface area is 102 Å². The van der Waals surface area contributed by atoms with Gasteiger partial charge in [0.25, 0.3) is 0 Å². The second kappa shape index (κ2) is 7.32. The van der Waals surface area contributed by atoms with Crippen LogP contribution in [0.5, 0.6) is 0 Å². The van der Waals surface area contributed by atoms with Crippen molar-refractivity contribution in [2.24, 2.45) is 17.8 Å². The van der Waals surface area contributed by atoms with E-state index in [4.69, 9.17) is 0 Å². The molecule has 1 saturated carbocycles. The summed E-state index contributed by atoms with van der Waals surface area (Å²) in [5.41, 5.74) is 0. The maximum absolute atomic E-state index is 3.67. The first-order valence-corrected chi connectivity index (χ1v) is 7.38. The molecule has 0 saturated heterocycles. The predicted molar refractivity (Wildman–Crippen MR) is 72.7 cm³/mol. The Kier molecular flexibility index (Phi) is 6.41. The minimum Gasteiger partial charge on any atom is -0.314 e. The fourth-order valence-electron chi connectivity index (χ4n) is 3.06. The summed E-state index contributed by atoms with van der Waals surface area (Å²) < 4.78 is 0. The van der Waals surface area contributed by atoms with Gasteiger partial charge in [-0.15, -0.1) is 0 Å². The Bertz CT molecular complexity index is 176. The average molecular weight is 225 g/mol. The van der Waals surface area contributed by atoms with Gasteiger partial charge >= 0.3 is 0 Å². The van der Waals surface area contributed by atoms with Crippen LogP contribution in [0, 0.1) is 17.8 Å². The largest absolute Gasteiger partial charge is 0.314 e. The van der Waals surface area contributed by atoms with Crippen LogP contribution in [0.4, 0.5) is 0 Å². The summed E-state index contributed by atoms with van der Waals surface area (Å²) in [5, 5.41) is 3.67. The van der Waals surface area contributed by atoms with Gasteiger partial charge in [-0.1, -0.05) is 33.6 Å². The number of hydrogen-bond acceptors (Lipinski definition) is 1. The second-order valence-electron chi connectivity index (χ2n) is 6.02. The number of nitrogens with one attached hydrogen (secondary N) is 1. The van der Waals surface area contributed by atoms with Crippen molar-refractivity contribution < 1.29 is 0 Å². The summed E-state index contributed by atoms with van der Waals surface area (Å²) in [7, 11) is 0. The van der Waals surface area contributed by atoms with E-state index in [2.05, 4.69) is 33.0 Å². The molecule has 3 atom stereocenters. The quantitative estimate of drug-likeness (QED) is 0.691. The van der Waals surface area contributed by atoms with E-state index in [-0.39, 0.29) is 0 Å². The molecule has 1 N–H and O–H groups in total. The predicted octanol–water partition coefficient (Wildman–Crippen LogP) is 4.23. The molecule has 3 unspecified atom stereocenters. The van der Waals surface area contributed by atoms with E-state index in [0.717, 1.165) is 23.8 Å². The van der Waals surface area contributed by atoms with Crippen molar-refractivity contribution in [3.05, 3.63) is 0 Å². The Morgan fingerprint density at radius 1 is 1.00 bits per heavy atom. The minimum atomic E-state index is 0.728. The molecule has 1 aliphatic carbocycles. The van der Waals surface area contributed by atoms with Crippen molar-refractivity contribution >= 4 is 0 Å². The van der Waals surface area contributed by atoms with Gasteiger partial charge in [0.2, 0.25) is 0 Å². The van der Waals surface area contributed by atoms with Gasteiger partial charge in [-0.05, 0) is 56.9 Å². The summed E-state index contributed by atoms with van der Waals surface area (Å²) in [6.45, 7) is 10.6. The zero-order valence-electron chi connectivity index (χ0n) is 11.8. The maximum Gasteiger partial charge on any atom is 0.00669 e. The van der Waals surface area contributed by atoms with Crippen LogP contribution in [0.3, 0.4) is 0 Å². The molecule has 1 fully saturated rings. The number of rotatable bonds is 5. The van der Waals surface area contributed by atoms with E-state index >= 15 is 0 Å². The molecular weight excluding hydrogens is 194 g/mol. The summed E-state index contributed by atoms with van der Waals surface area (Å²) in [5.74, 6) is 2.80. The maximum atomic E-state index is 3.67. The number of hydrogen-bond donors (Lipinski definition) is 1. The van der Waals surface area contributed by atoms with E-state index in [1.165, 1.54) is 45.1 Å². The van der Waals surface area contributed by atoms with E-state index < -0.39 is 0 Å². The van der Waals surface area contributed by atoms with Crippen molar-refractivity contribution in [3.8, 4) is 0 Å². The standard InChI is InChI=1S/C15H31N/c1-5-11-16-13(4)15-8-6-7-14(9-10-15)12(2)3/h12-16H,5-11H2,1-4H3. The lowest BCUT2D eigenvalue weighted by molar-refractivity contribution is 0.312. The van der Waals surface area contributed by atoms with Crippen molar-refractivity contribution in [1.29, 1.82) is 0 Å². The van der Waals surface area contributed by atoms with Gasteiger partial charge in [-0.3, -0.25) is 0 Å². The van der Waals surface area contributed by atoms with Gasteiger partial charge in [0, 0.05) is 6.04 Å². The fraction of sp³-hybridized carbons (Fsp3) is 1.00. The molecule has 1 heteroatoms. The van der Waals surface area contributed by atoms with Crippen LogP contribution in [-0.2, 0) is 0 Å². The third-order valence-electron chi connectivity index (χ3n) is 4.42. The smallest absolute Gasteiger partial charge is 0.00669 e. The highest BCUT2D eigenvalue weighted by Crippen LogP contribution is 2.32. The van der Waals surface area contributed by atoms with Crippen molar-refractivity contribution in [2.75, 3.05) is 6.54 Å².